The summed E-state index contributed by atoms with van der Waals surface area (Å²) in [7, 11) is -2.60. The van der Waals surface area contributed by atoms with Gasteiger partial charge in [0.2, 0.25) is 10.0 Å². The van der Waals surface area contributed by atoms with Crippen molar-refractivity contribution in [3.63, 3.8) is 0 Å². The van der Waals surface area contributed by atoms with Gasteiger partial charge in [-0.2, -0.15) is 16.1 Å². The molecule has 0 atom stereocenters. The smallest absolute Gasteiger partial charge is 0.207 e. The zero-order valence-electron chi connectivity index (χ0n) is 9.78. The first-order valence-corrected chi connectivity index (χ1v) is 8.53. The molecule has 0 spiro atoms. The van der Waals surface area contributed by atoms with Gasteiger partial charge in [0.1, 0.15) is 16.5 Å². The second kappa shape index (κ2) is 6.31. The lowest BCUT2D eigenvalue weighted by Crippen LogP contribution is -2.30. The van der Waals surface area contributed by atoms with Crippen LogP contribution in [-0.4, -0.2) is 38.3 Å². The highest BCUT2D eigenvalue weighted by atomic mass is 79.9. The quantitative estimate of drug-likeness (QED) is 0.810. The summed E-state index contributed by atoms with van der Waals surface area (Å²) in [5.41, 5.74) is 0. The van der Waals surface area contributed by atoms with Crippen molar-refractivity contribution in [3.05, 3.63) is 28.2 Å². The molecule has 0 unspecified atom stereocenters. The van der Waals surface area contributed by atoms with Crippen molar-refractivity contribution in [1.82, 2.24) is 4.31 Å². The van der Waals surface area contributed by atoms with Crippen LogP contribution in [0, 0.1) is 11.6 Å². The molecule has 0 saturated heterocycles. The molecule has 0 N–H and O–H groups in total. The van der Waals surface area contributed by atoms with Crippen LogP contribution in [0.2, 0.25) is 0 Å². The molecule has 102 valence electrons. The lowest BCUT2D eigenvalue weighted by molar-refractivity contribution is 0.477. The molecule has 3 nitrogen and oxygen atoms in total. The van der Waals surface area contributed by atoms with E-state index >= 15 is 0 Å². The average Bonchev–Trinajstić information content (AvgIpc) is 2.23. The minimum Gasteiger partial charge on any atom is -0.207 e. The number of hydrogen-bond acceptors (Lipinski definition) is 3. The molecule has 0 amide bonds. The summed E-state index contributed by atoms with van der Waals surface area (Å²) in [5.74, 6) is -1.33. The van der Waals surface area contributed by atoms with E-state index in [1.807, 2.05) is 6.26 Å². The highest BCUT2D eigenvalue weighted by Gasteiger charge is 2.27. The summed E-state index contributed by atoms with van der Waals surface area (Å²) in [6.07, 6.45) is 1.84. The van der Waals surface area contributed by atoms with E-state index in [1.165, 1.54) is 18.8 Å². The number of benzene rings is 1. The minimum absolute atomic E-state index is 0.115. The first-order chi connectivity index (χ1) is 8.30. The summed E-state index contributed by atoms with van der Waals surface area (Å²) in [5, 5.41) is 0. The highest BCUT2D eigenvalue weighted by Crippen LogP contribution is 2.28. The Morgan fingerprint density at radius 1 is 1.39 bits per heavy atom. The fraction of sp³-hybridized carbons (Fsp3) is 0.400. The Labute approximate surface area is 118 Å². The second-order valence-electron chi connectivity index (χ2n) is 3.52. The van der Waals surface area contributed by atoms with Crippen molar-refractivity contribution in [2.45, 2.75) is 4.90 Å². The van der Waals surface area contributed by atoms with Crippen LogP contribution in [0.25, 0.3) is 0 Å². The second-order valence-corrected chi connectivity index (χ2v) is 7.34. The Bertz CT molecular complexity index is 514. The van der Waals surface area contributed by atoms with Gasteiger partial charge in [-0.3, -0.25) is 0 Å². The summed E-state index contributed by atoms with van der Waals surface area (Å²) >= 11 is 4.36. The lowest BCUT2D eigenvalue weighted by atomic mass is 10.3. The van der Waals surface area contributed by atoms with Crippen LogP contribution in [0.15, 0.2) is 21.5 Å². The van der Waals surface area contributed by atoms with Crippen molar-refractivity contribution >= 4 is 37.7 Å². The largest absolute Gasteiger partial charge is 0.246 e. The molecular weight excluding hydrogens is 348 g/mol. The fourth-order valence-corrected chi connectivity index (χ4v) is 4.12. The number of thioether (sulfide) groups is 1. The van der Waals surface area contributed by atoms with E-state index in [4.69, 9.17) is 0 Å². The molecule has 18 heavy (non-hydrogen) atoms. The van der Waals surface area contributed by atoms with E-state index < -0.39 is 26.6 Å². The van der Waals surface area contributed by atoms with Gasteiger partial charge in [-0.05, 0) is 28.3 Å². The van der Waals surface area contributed by atoms with Crippen molar-refractivity contribution < 1.29 is 17.2 Å². The molecule has 0 aliphatic rings. The first kappa shape index (κ1) is 15.9. The van der Waals surface area contributed by atoms with Crippen LogP contribution >= 0.6 is 27.7 Å². The third kappa shape index (κ3) is 3.43. The molecule has 0 aliphatic heterocycles. The Morgan fingerprint density at radius 2 is 2.00 bits per heavy atom. The van der Waals surface area contributed by atoms with E-state index in [9.17, 15) is 17.2 Å². The van der Waals surface area contributed by atoms with Crippen molar-refractivity contribution in [3.8, 4) is 0 Å². The molecule has 1 aromatic carbocycles. The third-order valence-electron chi connectivity index (χ3n) is 2.24. The first-order valence-electron chi connectivity index (χ1n) is 4.90. The van der Waals surface area contributed by atoms with Gasteiger partial charge in [-0.15, -0.1) is 0 Å². The molecule has 1 aromatic rings. The van der Waals surface area contributed by atoms with Crippen LogP contribution < -0.4 is 0 Å². The van der Waals surface area contributed by atoms with Crippen molar-refractivity contribution in [2.24, 2.45) is 0 Å². The van der Waals surface area contributed by atoms with Gasteiger partial charge in [-0.25, -0.2) is 17.2 Å². The minimum atomic E-state index is -3.96. The van der Waals surface area contributed by atoms with Crippen LogP contribution in [0.3, 0.4) is 0 Å². The number of rotatable bonds is 5. The number of sulfonamides is 1. The fourth-order valence-electron chi connectivity index (χ4n) is 1.27. The molecule has 0 heterocycles. The molecule has 0 aromatic heterocycles. The van der Waals surface area contributed by atoms with Crippen LogP contribution in [0.4, 0.5) is 8.78 Å². The van der Waals surface area contributed by atoms with Gasteiger partial charge in [0.05, 0.1) is 0 Å². The maximum Gasteiger partial charge on any atom is 0.246 e. The molecule has 1 rings (SSSR count). The standard InChI is InChI=1S/C10H12BrF2NO2S2/c1-14(3-4-17-2)18(15,16)10-8(11)5-7(12)6-9(10)13/h5-6H,3-4H2,1-2H3. The summed E-state index contributed by atoms with van der Waals surface area (Å²) in [6.45, 7) is 0.257. The highest BCUT2D eigenvalue weighted by molar-refractivity contribution is 9.10. The molecule has 0 aliphatic carbocycles. The van der Waals surface area contributed by atoms with Gasteiger partial charge in [-0.1, -0.05) is 0 Å². The van der Waals surface area contributed by atoms with E-state index in [-0.39, 0.29) is 11.0 Å². The maximum absolute atomic E-state index is 13.6. The zero-order valence-corrected chi connectivity index (χ0v) is 13.0. The normalized spacial score (nSPS) is 12.1. The molecule has 0 saturated carbocycles. The average molecular weight is 360 g/mol. The zero-order chi connectivity index (χ0) is 13.9. The monoisotopic (exact) mass is 359 g/mol. The predicted molar refractivity (Wildman–Crippen MR) is 72.3 cm³/mol. The summed E-state index contributed by atoms with van der Waals surface area (Å²) in [6, 6.07) is 1.48. The maximum atomic E-state index is 13.6. The van der Waals surface area contributed by atoms with Crippen molar-refractivity contribution in [1.29, 1.82) is 0 Å². The van der Waals surface area contributed by atoms with E-state index in [0.29, 0.717) is 11.8 Å². The van der Waals surface area contributed by atoms with Gasteiger partial charge in [0, 0.05) is 29.9 Å². The van der Waals surface area contributed by atoms with Gasteiger partial charge >= 0.3 is 0 Å². The molecule has 8 heteroatoms. The van der Waals surface area contributed by atoms with Crippen LogP contribution in [-0.2, 0) is 10.0 Å². The number of hydrogen-bond donors (Lipinski definition) is 0. The molecule has 0 bridgehead atoms. The SMILES string of the molecule is CSCCN(C)S(=O)(=O)c1c(F)cc(F)cc1Br. The number of nitrogens with zero attached hydrogens (tertiary/aromatic N) is 1. The van der Waals surface area contributed by atoms with E-state index in [2.05, 4.69) is 15.9 Å². The number of halogens is 3. The molecular formula is C10H12BrF2NO2S2. The Hall–Kier alpha value is -0.180. The Kier molecular flexibility index (Phi) is 5.57. The Morgan fingerprint density at radius 3 is 2.50 bits per heavy atom. The third-order valence-corrected chi connectivity index (χ3v) is 5.65. The predicted octanol–water partition coefficient (Wildman–Crippen LogP) is 2.71. The lowest BCUT2D eigenvalue weighted by Gasteiger charge is -2.18. The van der Waals surface area contributed by atoms with Crippen molar-refractivity contribution in [2.75, 3.05) is 25.6 Å². The van der Waals surface area contributed by atoms with Crippen LogP contribution in [0.5, 0.6) is 0 Å². The molecule has 0 fully saturated rings. The summed E-state index contributed by atoms with van der Waals surface area (Å²) in [4.78, 5) is -0.535. The van der Waals surface area contributed by atoms with Gasteiger partial charge in [0.25, 0.3) is 0 Å². The molecule has 0 radical (unpaired) electrons. The van der Waals surface area contributed by atoms with Crippen LogP contribution in [0.1, 0.15) is 0 Å². The topological polar surface area (TPSA) is 37.4 Å². The van der Waals surface area contributed by atoms with E-state index in [0.717, 1.165) is 10.4 Å². The summed E-state index contributed by atoms with van der Waals surface area (Å²) < 4.78 is 51.7. The van der Waals surface area contributed by atoms with Gasteiger partial charge < -0.3 is 0 Å². The van der Waals surface area contributed by atoms with E-state index in [1.54, 1.807) is 0 Å². The van der Waals surface area contributed by atoms with Gasteiger partial charge in [0.15, 0.2) is 0 Å². The Balaban J connectivity index is 3.20.